The van der Waals surface area contributed by atoms with Crippen LogP contribution in [-0.2, 0) is 6.54 Å². The number of likely N-dealkylation sites (tertiary alicyclic amines) is 1. The molecule has 0 spiro atoms. The van der Waals surface area contributed by atoms with Gasteiger partial charge in [0, 0.05) is 12.1 Å². The summed E-state index contributed by atoms with van der Waals surface area (Å²) in [4.78, 5) is 7.02. The summed E-state index contributed by atoms with van der Waals surface area (Å²) in [6, 6.07) is 6.87. The van der Waals surface area contributed by atoms with E-state index in [9.17, 15) is 0 Å². The first-order chi connectivity index (χ1) is 9.15. The molecule has 0 amide bonds. The number of hydrogen-bond acceptors (Lipinski definition) is 4. The summed E-state index contributed by atoms with van der Waals surface area (Å²) in [7, 11) is 0. The molecule has 0 aliphatic carbocycles. The molecule has 1 aromatic heterocycles. The number of piperidine rings is 1. The average molecular weight is 259 g/mol. The maximum atomic E-state index is 5.92. The Kier molecular flexibility index (Phi) is 3.19. The zero-order chi connectivity index (χ0) is 13.4. The number of nitrogens with two attached hydrogens (primary N) is 1. The van der Waals surface area contributed by atoms with E-state index in [0.717, 1.165) is 23.5 Å². The number of para-hydroxylation sites is 1. The SMILES string of the molecule is C[C@@H]1CCC[C@H](C)N1Cc1nc2c(N)cccc2o1. The van der Waals surface area contributed by atoms with Crippen LogP contribution in [0.5, 0.6) is 0 Å². The number of hydrogen-bond donors (Lipinski definition) is 1. The summed E-state index contributed by atoms with van der Waals surface area (Å²) in [5.74, 6) is 0.772. The molecule has 1 aliphatic heterocycles. The molecule has 0 saturated carbocycles. The molecule has 0 unspecified atom stereocenters. The largest absolute Gasteiger partial charge is 0.439 e. The van der Waals surface area contributed by atoms with E-state index < -0.39 is 0 Å². The fourth-order valence-electron chi connectivity index (χ4n) is 3.03. The van der Waals surface area contributed by atoms with Crippen molar-refractivity contribution in [3.63, 3.8) is 0 Å². The van der Waals surface area contributed by atoms with E-state index in [1.807, 2.05) is 18.2 Å². The van der Waals surface area contributed by atoms with Crippen molar-refractivity contribution in [2.24, 2.45) is 0 Å². The molecule has 1 saturated heterocycles. The lowest BCUT2D eigenvalue weighted by Gasteiger charge is -2.38. The first-order valence-corrected chi connectivity index (χ1v) is 7.05. The highest BCUT2D eigenvalue weighted by Gasteiger charge is 2.26. The number of benzene rings is 1. The number of oxazole rings is 1. The van der Waals surface area contributed by atoms with Gasteiger partial charge in [-0.05, 0) is 38.8 Å². The molecule has 2 heterocycles. The highest BCUT2D eigenvalue weighted by molar-refractivity contribution is 5.85. The van der Waals surface area contributed by atoms with Gasteiger partial charge < -0.3 is 10.2 Å². The van der Waals surface area contributed by atoms with Crippen LogP contribution >= 0.6 is 0 Å². The van der Waals surface area contributed by atoms with Gasteiger partial charge in [-0.25, -0.2) is 4.98 Å². The van der Waals surface area contributed by atoms with Gasteiger partial charge in [0.05, 0.1) is 12.2 Å². The summed E-state index contributed by atoms with van der Waals surface area (Å²) < 4.78 is 5.82. The Bertz CT molecular complexity index is 568. The van der Waals surface area contributed by atoms with E-state index in [-0.39, 0.29) is 0 Å². The Hall–Kier alpha value is -1.55. The number of nitrogens with zero attached hydrogens (tertiary/aromatic N) is 2. The van der Waals surface area contributed by atoms with Crippen LogP contribution in [0.4, 0.5) is 5.69 Å². The smallest absolute Gasteiger partial charge is 0.209 e. The van der Waals surface area contributed by atoms with Gasteiger partial charge in [-0.3, -0.25) is 4.90 Å². The summed E-state index contributed by atoms with van der Waals surface area (Å²) in [5, 5.41) is 0. The topological polar surface area (TPSA) is 55.3 Å². The number of nitrogen functional groups attached to an aromatic ring is 1. The van der Waals surface area contributed by atoms with Crippen LogP contribution in [0.15, 0.2) is 22.6 Å². The van der Waals surface area contributed by atoms with E-state index in [4.69, 9.17) is 10.2 Å². The van der Waals surface area contributed by atoms with E-state index in [0.29, 0.717) is 17.8 Å². The lowest BCUT2D eigenvalue weighted by molar-refractivity contribution is 0.0858. The van der Waals surface area contributed by atoms with Crippen molar-refractivity contribution >= 4 is 16.8 Å². The van der Waals surface area contributed by atoms with Crippen LogP contribution in [-0.4, -0.2) is 22.0 Å². The maximum absolute atomic E-state index is 5.92. The Morgan fingerprint density at radius 1 is 1.32 bits per heavy atom. The monoisotopic (exact) mass is 259 g/mol. The fourth-order valence-corrected chi connectivity index (χ4v) is 3.03. The molecule has 1 fully saturated rings. The minimum absolute atomic E-state index is 0.594. The first-order valence-electron chi connectivity index (χ1n) is 7.05. The molecule has 1 aromatic carbocycles. The fraction of sp³-hybridized carbons (Fsp3) is 0.533. The van der Waals surface area contributed by atoms with Gasteiger partial charge in [-0.2, -0.15) is 0 Å². The van der Waals surface area contributed by atoms with Crippen molar-refractivity contribution in [3.8, 4) is 0 Å². The average Bonchev–Trinajstić information content (AvgIpc) is 2.78. The standard InChI is InChI=1S/C15H21N3O/c1-10-5-3-6-11(2)18(10)9-14-17-15-12(16)7-4-8-13(15)19-14/h4,7-8,10-11H,3,5-6,9,16H2,1-2H3/t10-,11+. The summed E-state index contributed by atoms with van der Waals surface area (Å²) in [5.41, 5.74) is 8.18. The highest BCUT2D eigenvalue weighted by Crippen LogP contribution is 2.26. The Morgan fingerprint density at radius 2 is 2.05 bits per heavy atom. The second-order valence-corrected chi connectivity index (χ2v) is 5.60. The zero-order valence-corrected chi connectivity index (χ0v) is 11.6. The van der Waals surface area contributed by atoms with Crippen LogP contribution in [0, 0.1) is 0 Å². The van der Waals surface area contributed by atoms with Gasteiger partial charge in [0.1, 0.15) is 5.52 Å². The Morgan fingerprint density at radius 3 is 2.74 bits per heavy atom. The molecule has 0 bridgehead atoms. The minimum Gasteiger partial charge on any atom is -0.439 e. The third-order valence-electron chi connectivity index (χ3n) is 4.19. The molecule has 4 heteroatoms. The van der Waals surface area contributed by atoms with Gasteiger partial charge in [-0.1, -0.05) is 12.5 Å². The van der Waals surface area contributed by atoms with Crippen LogP contribution < -0.4 is 5.73 Å². The van der Waals surface area contributed by atoms with Crippen LogP contribution in [0.1, 0.15) is 39.0 Å². The number of fused-ring (bicyclic) bond motifs is 1. The summed E-state index contributed by atoms with van der Waals surface area (Å²) >= 11 is 0. The number of aromatic nitrogens is 1. The number of rotatable bonds is 2. The lowest BCUT2D eigenvalue weighted by Crippen LogP contribution is -2.43. The van der Waals surface area contributed by atoms with Crippen molar-refractivity contribution in [1.29, 1.82) is 0 Å². The van der Waals surface area contributed by atoms with Crippen molar-refractivity contribution < 1.29 is 4.42 Å². The van der Waals surface area contributed by atoms with Crippen LogP contribution in [0.25, 0.3) is 11.1 Å². The predicted octanol–water partition coefficient (Wildman–Crippen LogP) is 3.17. The van der Waals surface area contributed by atoms with E-state index in [2.05, 4.69) is 23.7 Å². The molecule has 1 aliphatic rings. The van der Waals surface area contributed by atoms with Gasteiger partial charge in [0.15, 0.2) is 5.58 Å². The van der Waals surface area contributed by atoms with Gasteiger partial charge in [-0.15, -0.1) is 0 Å². The maximum Gasteiger partial charge on any atom is 0.209 e. The summed E-state index contributed by atoms with van der Waals surface area (Å²) in [6.07, 6.45) is 3.83. The normalized spacial score (nSPS) is 24.9. The quantitative estimate of drug-likeness (QED) is 0.842. The zero-order valence-electron chi connectivity index (χ0n) is 11.6. The first kappa shape index (κ1) is 12.5. The molecule has 3 rings (SSSR count). The molecule has 2 N–H and O–H groups in total. The Labute approximate surface area is 113 Å². The van der Waals surface area contributed by atoms with Crippen molar-refractivity contribution in [2.45, 2.75) is 51.7 Å². The molecule has 2 aromatic rings. The molecule has 0 radical (unpaired) electrons. The second kappa shape index (κ2) is 4.85. The molecular weight excluding hydrogens is 238 g/mol. The highest BCUT2D eigenvalue weighted by atomic mass is 16.3. The van der Waals surface area contributed by atoms with Gasteiger partial charge in [0.2, 0.25) is 5.89 Å². The van der Waals surface area contributed by atoms with Crippen LogP contribution in [0.3, 0.4) is 0 Å². The van der Waals surface area contributed by atoms with E-state index >= 15 is 0 Å². The molecule has 102 valence electrons. The third-order valence-corrected chi connectivity index (χ3v) is 4.19. The second-order valence-electron chi connectivity index (χ2n) is 5.60. The third kappa shape index (κ3) is 2.32. The molecule has 2 atom stereocenters. The van der Waals surface area contributed by atoms with Crippen molar-refractivity contribution in [1.82, 2.24) is 9.88 Å². The van der Waals surface area contributed by atoms with Crippen molar-refractivity contribution in [3.05, 3.63) is 24.1 Å². The predicted molar refractivity (Wildman–Crippen MR) is 76.7 cm³/mol. The van der Waals surface area contributed by atoms with Crippen molar-refractivity contribution in [2.75, 3.05) is 5.73 Å². The van der Waals surface area contributed by atoms with Gasteiger partial charge in [0.25, 0.3) is 0 Å². The number of anilines is 1. The van der Waals surface area contributed by atoms with E-state index in [1.54, 1.807) is 0 Å². The molecular formula is C15H21N3O. The van der Waals surface area contributed by atoms with Crippen LogP contribution in [0.2, 0.25) is 0 Å². The van der Waals surface area contributed by atoms with E-state index in [1.165, 1.54) is 19.3 Å². The van der Waals surface area contributed by atoms with Gasteiger partial charge >= 0.3 is 0 Å². The lowest BCUT2D eigenvalue weighted by atomic mass is 9.98. The molecule has 4 nitrogen and oxygen atoms in total. The summed E-state index contributed by atoms with van der Waals surface area (Å²) in [6.45, 7) is 5.34. The Balaban J connectivity index is 1.86. The minimum atomic E-state index is 0.594. The molecule has 19 heavy (non-hydrogen) atoms.